The summed E-state index contributed by atoms with van der Waals surface area (Å²) in [6.45, 7) is 0.360. The van der Waals surface area contributed by atoms with Crippen LogP contribution in [0.1, 0.15) is 11.3 Å². The fourth-order valence-corrected chi connectivity index (χ4v) is 3.02. The summed E-state index contributed by atoms with van der Waals surface area (Å²) in [7, 11) is 1.59. The molecule has 4 rings (SSSR count). The number of nitrogens with one attached hydrogen (secondary N) is 1. The highest BCUT2D eigenvalue weighted by Gasteiger charge is 2.12. The highest BCUT2D eigenvalue weighted by molar-refractivity contribution is 5.88. The van der Waals surface area contributed by atoms with E-state index in [1.54, 1.807) is 42.5 Å². The maximum absolute atomic E-state index is 12.5. The number of fused-ring (bicyclic) bond motifs is 1. The zero-order valence-electron chi connectivity index (χ0n) is 15.2. The Labute approximate surface area is 160 Å². The normalized spacial score (nSPS) is 10.9. The Kier molecular flexibility index (Phi) is 4.67. The smallest absolute Gasteiger partial charge is 0.274 e. The Balaban J connectivity index is 1.49. The van der Waals surface area contributed by atoms with Gasteiger partial charge in [0, 0.05) is 37.6 Å². The Hall–Kier alpha value is -3.81. The Morgan fingerprint density at radius 3 is 2.71 bits per heavy atom. The number of amides is 1. The molecule has 0 aliphatic rings. The molecule has 8 heteroatoms. The van der Waals surface area contributed by atoms with Crippen LogP contribution in [-0.4, -0.2) is 30.5 Å². The van der Waals surface area contributed by atoms with E-state index < -0.39 is 0 Å². The topological polar surface area (TPSA) is 94.7 Å². The van der Waals surface area contributed by atoms with E-state index in [1.165, 1.54) is 4.68 Å². The average Bonchev–Trinajstić information content (AvgIpc) is 3.25. The minimum atomic E-state index is -0.178. The number of hydrogen-bond donors (Lipinski definition) is 1. The first kappa shape index (κ1) is 17.6. The van der Waals surface area contributed by atoms with Crippen molar-refractivity contribution >= 4 is 16.7 Å². The fourth-order valence-electron chi connectivity index (χ4n) is 3.02. The summed E-state index contributed by atoms with van der Waals surface area (Å²) in [5.41, 5.74) is 1.30. The van der Waals surface area contributed by atoms with E-state index in [9.17, 15) is 9.59 Å². The second-order valence-corrected chi connectivity index (χ2v) is 6.35. The van der Waals surface area contributed by atoms with Gasteiger partial charge in [0.05, 0.1) is 17.5 Å². The molecule has 1 aromatic carbocycles. The van der Waals surface area contributed by atoms with E-state index in [-0.39, 0.29) is 17.9 Å². The van der Waals surface area contributed by atoms with Crippen LogP contribution >= 0.6 is 0 Å². The van der Waals surface area contributed by atoms with Crippen molar-refractivity contribution < 1.29 is 4.79 Å². The van der Waals surface area contributed by atoms with E-state index in [2.05, 4.69) is 20.5 Å². The predicted molar refractivity (Wildman–Crippen MR) is 104 cm³/mol. The van der Waals surface area contributed by atoms with Crippen LogP contribution < -0.4 is 10.9 Å². The molecule has 0 unspecified atom stereocenters. The van der Waals surface area contributed by atoms with E-state index in [0.717, 1.165) is 5.56 Å². The fraction of sp³-hybridized carbons (Fsp3) is 0.150. The summed E-state index contributed by atoms with van der Waals surface area (Å²) in [6.07, 6.45) is 5.26. The minimum absolute atomic E-state index is 0.0890. The second-order valence-electron chi connectivity index (χ2n) is 6.35. The van der Waals surface area contributed by atoms with Gasteiger partial charge in [0.15, 0.2) is 5.82 Å². The summed E-state index contributed by atoms with van der Waals surface area (Å²) in [4.78, 5) is 28.9. The van der Waals surface area contributed by atoms with Gasteiger partial charge in [-0.05, 0) is 29.8 Å². The molecule has 8 nitrogen and oxygen atoms in total. The lowest BCUT2D eigenvalue weighted by molar-refractivity contribution is -0.120. The first-order valence-electron chi connectivity index (χ1n) is 8.78. The predicted octanol–water partition coefficient (Wildman–Crippen LogP) is 1.37. The summed E-state index contributed by atoms with van der Waals surface area (Å²) in [6, 6.07) is 12.7. The van der Waals surface area contributed by atoms with Crippen LogP contribution in [0, 0.1) is 0 Å². The van der Waals surface area contributed by atoms with Gasteiger partial charge >= 0.3 is 0 Å². The monoisotopic (exact) mass is 374 g/mol. The van der Waals surface area contributed by atoms with E-state index >= 15 is 0 Å². The first-order chi connectivity index (χ1) is 13.6. The molecule has 0 bridgehead atoms. The number of rotatable bonds is 5. The van der Waals surface area contributed by atoms with E-state index in [0.29, 0.717) is 28.8 Å². The molecule has 1 amide bonds. The Bertz CT molecular complexity index is 1200. The zero-order chi connectivity index (χ0) is 19.5. The number of hydrogen-bond acceptors (Lipinski definition) is 5. The van der Waals surface area contributed by atoms with Crippen LogP contribution in [0.5, 0.6) is 0 Å². The third-order valence-electron chi connectivity index (χ3n) is 4.40. The molecule has 0 atom stereocenters. The van der Waals surface area contributed by atoms with Crippen LogP contribution in [0.4, 0.5) is 0 Å². The number of aromatic nitrogens is 5. The molecule has 3 heterocycles. The standard InChI is InChI=1S/C20H18N6O2/c1-25-20(28)16-6-3-2-5-15(16)17(24-25)12-19(27)22-13-14-7-9-21-18(11-14)26-10-4-8-23-26/h2-11H,12-13H2,1H3,(H,22,27). The van der Waals surface area contributed by atoms with Gasteiger partial charge in [0.2, 0.25) is 5.91 Å². The van der Waals surface area contributed by atoms with Gasteiger partial charge in [-0.2, -0.15) is 10.2 Å². The molecule has 0 aliphatic carbocycles. The van der Waals surface area contributed by atoms with Gasteiger partial charge in [-0.3, -0.25) is 9.59 Å². The molecule has 0 saturated heterocycles. The van der Waals surface area contributed by atoms with Gasteiger partial charge < -0.3 is 5.32 Å². The lowest BCUT2D eigenvalue weighted by atomic mass is 10.1. The highest BCUT2D eigenvalue weighted by Crippen LogP contribution is 2.13. The molecular formula is C20H18N6O2. The number of aryl methyl sites for hydroxylation is 1. The molecule has 3 aromatic heterocycles. The SMILES string of the molecule is Cn1nc(CC(=O)NCc2ccnc(-n3cccn3)c2)c2ccccc2c1=O. The summed E-state index contributed by atoms with van der Waals surface area (Å²) < 4.78 is 2.93. The molecule has 140 valence electrons. The Morgan fingerprint density at radius 2 is 1.93 bits per heavy atom. The van der Waals surface area contributed by atoms with Gasteiger partial charge in [0.25, 0.3) is 5.56 Å². The molecular weight excluding hydrogens is 356 g/mol. The molecule has 0 radical (unpaired) electrons. The van der Waals surface area contributed by atoms with Crippen molar-refractivity contribution in [1.82, 2.24) is 29.9 Å². The van der Waals surface area contributed by atoms with Crippen molar-refractivity contribution in [2.24, 2.45) is 7.05 Å². The van der Waals surface area contributed by atoms with Crippen molar-refractivity contribution in [3.63, 3.8) is 0 Å². The second kappa shape index (κ2) is 7.43. The zero-order valence-corrected chi connectivity index (χ0v) is 15.2. The van der Waals surface area contributed by atoms with Crippen molar-refractivity contribution in [2.75, 3.05) is 0 Å². The third kappa shape index (κ3) is 3.52. The molecule has 4 aromatic rings. The first-order valence-corrected chi connectivity index (χ1v) is 8.78. The molecule has 1 N–H and O–H groups in total. The lowest BCUT2D eigenvalue weighted by Gasteiger charge is -2.09. The van der Waals surface area contributed by atoms with Crippen molar-refractivity contribution in [1.29, 1.82) is 0 Å². The molecule has 0 saturated carbocycles. The largest absolute Gasteiger partial charge is 0.352 e. The quantitative estimate of drug-likeness (QED) is 0.569. The highest BCUT2D eigenvalue weighted by atomic mass is 16.1. The van der Waals surface area contributed by atoms with Crippen LogP contribution in [0.15, 0.2) is 65.8 Å². The van der Waals surface area contributed by atoms with Crippen LogP contribution in [-0.2, 0) is 24.8 Å². The molecule has 0 fully saturated rings. The van der Waals surface area contributed by atoms with Gasteiger partial charge in [-0.15, -0.1) is 0 Å². The number of pyridine rings is 1. The van der Waals surface area contributed by atoms with Gasteiger partial charge in [-0.25, -0.2) is 14.3 Å². The summed E-state index contributed by atoms with van der Waals surface area (Å²) >= 11 is 0. The number of nitrogens with zero attached hydrogens (tertiary/aromatic N) is 5. The summed E-state index contributed by atoms with van der Waals surface area (Å²) in [5.74, 6) is 0.510. The molecule has 28 heavy (non-hydrogen) atoms. The Morgan fingerprint density at radius 1 is 1.11 bits per heavy atom. The minimum Gasteiger partial charge on any atom is -0.352 e. The lowest BCUT2D eigenvalue weighted by Crippen LogP contribution is -2.27. The van der Waals surface area contributed by atoms with Crippen molar-refractivity contribution in [3.05, 3.63) is 82.7 Å². The maximum atomic E-state index is 12.5. The van der Waals surface area contributed by atoms with E-state index in [4.69, 9.17) is 0 Å². The maximum Gasteiger partial charge on any atom is 0.274 e. The number of carbonyl (C=O) groups is 1. The average molecular weight is 374 g/mol. The number of carbonyl (C=O) groups excluding carboxylic acids is 1. The van der Waals surface area contributed by atoms with Crippen molar-refractivity contribution in [3.8, 4) is 5.82 Å². The third-order valence-corrected chi connectivity index (χ3v) is 4.40. The van der Waals surface area contributed by atoms with E-state index in [1.807, 2.05) is 30.3 Å². The number of benzene rings is 1. The van der Waals surface area contributed by atoms with Crippen LogP contribution in [0.3, 0.4) is 0 Å². The molecule has 0 spiro atoms. The van der Waals surface area contributed by atoms with Crippen LogP contribution in [0.2, 0.25) is 0 Å². The summed E-state index contributed by atoms with van der Waals surface area (Å²) in [5, 5.41) is 12.6. The van der Waals surface area contributed by atoms with Crippen molar-refractivity contribution in [2.45, 2.75) is 13.0 Å². The van der Waals surface area contributed by atoms with Gasteiger partial charge in [0.1, 0.15) is 0 Å². The van der Waals surface area contributed by atoms with Gasteiger partial charge in [-0.1, -0.05) is 18.2 Å². The molecule has 0 aliphatic heterocycles. The van der Waals surface area contributed by atoms with Crippen LogP contribution in [0.25, 0.3) is 16.6 Å².